The number of amides is 1. The van der Waals surface area contributed by atoms with Gasteiger partial charge in [-0.2, -0.15) is 0 Å². The highest BCUT2D eigenvalue weighted by molar-refractivity contribution is 5.81. The molecular weight excluding hydrogens is 366 g/mol. The lowest BCUT2D eigenvalue weighted by Crippen LogP contribution is -2.50. The lowest BCUT2D eigenvalue weighted by molar-refractivity contribution is -0.142. The zero-order valence-corrected chi connectivity index (χ0v) is 16.9. The predicted octanol–water partition coefficient (Wildman–Crippen LogP) is 4.97. The minimum atomic E-state index is -1.08. The van der Waals surface area contributed by atoms with E-state index >= 15 is 0 Å². The van der Waals surface area contributed by atoms with Crippen LogP contribution in [0.25, 0.3) is 11.1 Å². The Bertz CT molecular complexity index is 873. The zero-order chi connectivity index (χ0) is 21.0. The van der Waals surface area contributed by atoms with E-state index in [9.17, 15) is 14.7 Å². The number of ether oxygens (including phenoxy) is 1. The lowest BCUT2D eigenvalue weighted by Gasteiger charge is -2.31. The van der Waals surface area contributed by atoms with Gasteiger partial charge >= 0.3 is 12.1 Å². The summed E-state index contributed by atoms with van der Waals surface area (Å²) in [6.45, 7) is 7.47. The minimum absolute atomic E-state index is 0.0646. The van der Waals surface area contributed by atoms with Crippen LogP contribution in [0.3, 0.4) is 0 Å². The van der Waals surface area contributed by atoms with E-state index < -0.39 is 23.5 Å². The number of aliphatic carboxylic acids is 1. The number of allylic oxidation sites excluding steroid dienone is 1. The van der Waals surface area contributed by atoms with Crippen LogP contribution in [0.15, 0.2) is 61.2 Å². The predicted molar refractivity (Wildman–Crippen MR) is 113 cm³/mol. The molecule has 0 heterocycles. The minimum Gasteiger partial charge on any atom is -0.480 e. The zero-order valence-electron chi connectivity index (χ0n) is 16.9. The van der Waals surface area contributed by atoms with E-state index in [0.29, 0.717) is 12.8 Å². The van der Waals surface area contributed by atoms with E-state index in [-0.39, 0.29) is 12.5 Å². The first-order valence-corrected chi connectivity index (χ1v) is 9.80. The Labute approximate surface area is 171 Å². The highest BCUT2D eigenvalue weighted by Crippen LogP contribution is 2.44. The van der Waals surface area contributed by atoms with Gasteiger partial charge in [-0.3, -0.25) is 0 Å². The van der Waals surface area contributed by atoms with Crippen LogP contribution >= 0.6 is 0 Å². The van der Waals surface area contributed by atoms with E-state index in [0.717, 1.165) is 22.3 Å². The number of carbonyl (C=O) groups is 2. The van der Waals surface area contributed by atoms with Crippen molar-refractivity contribution in [1.29, 1.82) is 0 Å². The Morgan fingerprint density at radius 3 is 2.21 bits per heavy atom. The van der Waals surface area contributed by atoms with Gasteiger partial charge < -0.3 is 15.2 Å². The molecule has 0 saturated heterocycles. The van der Waals surface area contributed by atoms with Crippen molar-refractivity contribution in [1.82, 2.24) is 5.32 Å². The van der Waals surface area contributed by atoms with Gasteiger partial charge in [-0.15, -0.1) is 6.58 Å². The van der Waals surface area contributed by atoms with Crippen LogP contribution in [-0.4, -0.2) is 29.8 Å². The average Bonchev–Trinajstić information content (AvgIpc) is 3.02. The van der Waals surface area contributed by atoms with E-state index in [1.807, 2.05) is 50.2 Å². The van der Waals surface area contributed by atoms with Crippen LogP contribution in [0.1, 0.15) is 43.7 Å². The second kappa shape index (κ2) is 8.52. The van der Waals surface area contributed by atoms with Crippen molar-refractivity contribution < 1.29 is 19.4 Å². The summed E-state index contributed by atoms with van der Waals surface area (Å²) in [7, 11) is 0. The Kier molecular flexibility index (Phi) is 6.06. The number of hydrogen-bond donors (Lipinski definition) is 2. The average molecular weight is 393 g/mol. The first kappa shape index (κ1) is 20.6. The summed E-state index contributed by atoms with van der Waals surface area (Å²) in [6.07, 6.45) is 2.29. The molecule has 152 valence electrons. The molecule has 0 saturated carbocycles. The van der Waals surface area contributed by atoms with Gasteiger partial charge in [-0.25, -0.2) is 9.59 Å². The van der Waals surface area contributed by atoms with Crippen LogP contribution in [0.5, 0.6) is 0 Å². The second-order valence-corrected chi connectivity index (χ2v) is 8.06. The Morgan fingerprint density at radius 1 is 1.14 bits per heavy atom. The number of rotatable bonds is 8. The van der Waals surface area contributed by atoms with Crippen molar-refractivity contribution in [2.45, 2.75) is 38.6 Å². The maximum absolute atomic E-state index is 12.4. The molecule has 0 aromatic heterocycles. The molecule has 1 aliphatic rings. The highest BCUT2D eigenvalue weighted by atomic mass is 16.5. The van der Waals surface area contributed by atoms with Crippen molar-refractivity contribution >= 4 is 12.1 Å². The third-order valence-corrected chi connectivity index (χ3v) is 5.63. The van der Waals surface area contributed by atoms with Gasteiger partial charge in [0.05, 0.1) is 0 Å². The molecule has 3 rings (SSSR count). The molecule has 2 N–H and O–H groups in total. The van der Waals surface area contributed by atoms with Gasteiger partial charge in [-0.1, -0.05) is 68.5 Å². The van der Waals surface area contributed by atoms with Crippen LogP contribution in [0, 0.1) is 5.41 Å². The molecule has 5 nitrogen and oxygen atoms in total. The molecule has 0 fully saturated rings. The number of hydrogen-bond acceptors (Lipinski definition) is 3. The summed E-state index contributed by atoms with van der Waals surface area (Å²) in [5.74, 6) is -1.14. The van der Waals surface area contributed by atoms with E-state index in [2.05, 4.69) is 24.0 Å². The molecular formula is C24H27NO4. The molecule has 0 radical (unpaired) electrons. The summed E-state index contributed by atoms with van der Waals surface area (Å²) >= 11 is 0. The molecule has 1 atom stereocenters. The third-order valence-electron chi connectivity index (χ3n) is 5.63. The van der Waals surface area contributed by atoms with Crippen molar-refractivity contribution in [2.75, 3.05) is 6.61 Å². The van der Waals surface area contributed by atoms with Crippen LogP contribution in [-0.2, 0) is 9.53 Å². The molecule has 0 bridgehead atoms. The molecule has 1 aliphatic carbocycles. The standard InChI is InChI=1S/C24H27NO4/c1-4-5-14-24(2,3)21(22(26)27)25-23(28)29-15-20-18-12-8-6-10-16(18)17-11-7-9-13-19(17)20/h4,6-13,20-21H,1,5,14-15H2,2-3H3,(H,25,28)(H,26,27)/t21-/m1/s1. The lowest BCUT2D eigenvalue weighted by atomic mass is 9.80. The van der Waals surface area contributed by atoms with E-state index in [1.54, 1.807) is 6.08 Å². The van der Waals surface area contributed by atoms with Crippen molar-refractivity contribution in [3.63, 3.8) is 0 Å². The number of fused-ring (bicyclic) bond motifs is 3. The Hall–Kier alpha value is -3.08. The van der Waals surface area contributed by atoms with Crippen molar-refractivity contribution in [2.24, 2.45) is 5.41 Å². The number of carboxylic acid groups (broad SMARTS) is 1. The van der Waals surface area contributed by atoms with E-state index in [1.165, 1.54) is 0 Å². The topological polar surface area (TPSA) is 75.6 Å². The molecule has 1 amide bonds. The second-order valence-electron chi connectivity index (χ2n) is 8.06. The molecule has 5 heteroatoms. The van der Waals surface area contributed by atoms with Gasteiger partial charge in [0.1, 0.15) is 12.6 Å². The summed E-state index contributed by atoms with van der Waals surface area (Å²) < 4.78 is 5.49. The Balaban J connectivity index is 1.70. The smallest absolute Gasteiger partial charge is 0.407 e. The molecule has 2 aromatic carbocycles. The third kappa shape index (κ3) is 4.34. The summed E-state index contributed by atoms with van der Waals surface area (Å²) in [6, 6.07) is 15.1. The maximum atomic E-state index is 12.4. The molecule has 0 spiro atoms. The molecule has 29 heavy (non-hydrogen) atoms. The number of benzene rings is 2. The quantitative estimate of drug-likeness (QED) is 0.621. The van der Waals surface area contributed by atoms with Crippen LogP contribution < -0.4 is 5.32 Å². The first-order chi connectivity index (χ1) is 13.8. The van der Waals surface area contributed by atoms with Gasteiger partial charge in [0, 0.05) is 5.92 Å². The summed E-state index contributed by atoms with van der Waals surface area (Å²) in [5.41, 5.74) is 3.88. The maximum Gasteiger partial charge on any atom is 0.407 e. The summed E-state index contributed by atoms with van der Waals surface area (Å²) in [4.78, 5) is 24.2. The van der Waals surface area contributed by atoms with Gasteiger partial charge in [0.15, 0.2) is 0 Å². The fourth-order valence-electron chi connectivity index (χ4n) is 3.97. The number of alkyl carbamates (subject to hydrolysis) is 1. The molecule has 2 aromatic rings. The number of nitrogens with one attached hydrogen (secondary N) is 1. The van der Waals surface area contributed by atoms with Crippen LogP contribution in [0.2, 0.25) is 0 Å². The van der Waals surface area contributed by atoms with Gasteiger partial charge in [0.25, 0.3) is 0 Å². The molecule has 0 unspecified atom stereocenters. The van der Waals surface area contributed by atoms with Crippen molar-refractivity contribution in [3.8, 4) is 11.1 Å². The Morgan fingerprint density at radius 2 is 1.69 bits per heavy atom. The van der Waals surface area contributed by atoms with Crippen LogP contribution in [0.4, 0.5) is 4.79 Å². The molecule has 0 aliphatic heterocycles. The SMILES string of the molecule is C=CCCC(C)(C)[C@H](NC(=O)OCC1c2ccccc2-c2ccccc21)C(=O)O. The van der Waals surface area contributed by atoms with Gasteiger partial charge in [-0.05, 0) is 40.5 Å². The largest absolute Gasteiger partial charge is 0.480 e. The van der Waals surface area contributed by atoms with E-state index in [4.69, 9.17) is 4.74 Å². The first-order valence-electron chi connectivity index (χ1n) is 9.80. The fraction of sp³-hybridized carbons (Fsp3) is 0.333. The number of carbonyl (C=O) groups excluding carboxylic acids is 1. The fourth-order valence-corrected chi connectivity index (χ4v) is 3.97. The monoisotopic (exact) mass is 393 g/mol. The summed E-state index contributed by atoms with van der Waals surface area (Å²) in [5, 5.41) is 12.1. The highest BCUT2D eigenvalue weighted by Gasteiger charge is 2.37. The van der Waals surface area contributed by atoms with Crippen molar-refractivity contribution in [3.05, 3.63) is 72.3 Å². The normalized spacial score (nSPS) is 13.9. The number of carboxylic acids is 1. The van der Waals surface area contributed by atoms with Gasteiger partial charge in [0.2, 0.25) is 0 Å².